The number of hydrogen-bond acceptors (Lipinski definition) is 2. The summed E-state index contributed by atoms with van der Waals surface area (Å²) in [7, 11) is 0. The lowest BCUT2D eigenvalue weighted by atomic mass is 10.3. The monoisotopic (exact) mass is 293 g/mol. The Balaban J connectivity index is 0.000000561. The van der Waals surface area contributed by atoms with E-state index in [1.54, 1.807) is 12.4 Å². The molecule has 0 radical (unpaired) electrons. The van der Waals surface area contributed by atoms with Crippen molar-refractivity contribution in [1.82, 2.24) is 4.98 Å². The minimum Gasteiger partial charge on any atom is -0.298 e. The highest BCUT2D eigenvalue weighted by atomic mass is 79.9. The van der Waals surface area contributed by atoms with Gasteiger partial charge in [0.2, 0.25) is 0 Å². The van der Waals surface area contributed by atoms with Crippen molar-refractivity contribution in [2.24, 2.45) is 0 Å². The number of nitrogens with zero attached hydrogens (tertiary/aromatic N) is 1. The predicted octanol–water partition coefficient (Wildman–Crippen LogP) is 3.45. The van der Waals surface area contributed by atoms with Crippen LogP contribution >= 0.6 is 31.9 Å². The van der Waals surface area contributed by atoms with E-state index in [2.05, 4.69) is 36.8 Å². The highest BCUT2D eigenvalue weighted by Crippen LogP contribution is 2.21. The van der Waals surface area contributed by atoms with Crippen LogP contribution in [0.15, 0.2) is 21.3 Å². The normalized spacial score (nSPS) is 8.33. The third-order valence-corrected chi connectivity index (χ3v) is 2.27. The van der Waals surface area contributed by atoms with E-state index in [0.717, 1.165) is 6.29 Å². The van der Waals surface area contributed by atoms with Crippen LogP contribution in [0.4, 0.5) is 0 Å². The fraction of sp³-hybridized carbons (Fsp3) is 0.250. The summed E-state index contributed by atoms with van der Waals surface area (Å²) in [5.41, 5.74) is 0.593. The number of rotatable bonds is 1. The molecule has 0 amide bonds. The standard InChI is InChI=1S/C6H3Br2NO.C2H6/c7-5-1-9-2-6(8)4(5)3-10;1-2/h1-3H;1-2H3. The molecule has 2 nitrogen and oxygen atoms in total. The van der Waals surface area contributed by atoms with E-state index in [1.807, 2.05) is 13.8 Å². The third kappa shape index (κ3) is 3.03. The fourth-order valence-electron chi connectivity index (χ4n) is 0.534. The van der Waals surface area contributed by atoms with Gasteiger partial charge in [-0.2, -0.15) is 0 Å². The number of halogens is 2. The molecule has 1 aromatic heterocycles. The van der Waals surface area contributed by atoms with E-state index in [4.69, 9.17) is 0 Å². The second-order valence-electron chi connectivity index (χ2n) is 1.63. The van der Waals surface area contributed by atoms with Crippen molar-refractivity contribution in [2.45, 2.75) is 13.8 Å². The summed E-state index contributed by atoms with van der Waals surface area (Å²) in [6.07, 6.45) is 3.93. The molecule has 0 aliphatic carbocycles. The van der Waals surface area contributed by atoms with Crippen molar-refractivity contribution in [3.05, 3.63) is 26.9 Å². The molecule has 1 rings (SSSR count). The fourth-order valence-corrected chi connectivity index (χ4v) is 1.65. The van der Waals surface area contributed by atoms with E-state index < -0.39 is 0 Å². The Bertz CT molecular complexity index is 243. The molecule has 0 fully saturated rings. The van der Waals surface area contributed by atoms with Gasteiger partial charge in [-0.15, -0.1) is 0 Å². The Hall–Kier alpha value is -0.220. The highest BCUT2D eigenvalue weighted by Gasteiger charge is 2.01. The molecule has 0 aromatic carbocycles. The van der Waals surface area contributed by atoms with Crippen LogP contribution in [0.25, 0.3) is 0 Å². The zero-order valence-electron chi connectivity index (χ0n) is 6.84. The van der Waals surface area contributed by atoms with Crippen LogP contribution in [0.3, 0.4) is 0 Å². The molecule has 0 unspecified atom stereocenters. The van der Waals surface area contributed by atoms with E-state index in [1.165, 1.54) is 0 Å². The van der Waals surface area contributed by atoms with Crippen molar-refractivity contribution < 1.29 is 4.79 Å². The van der Waals surface area contributed by atoms with Gasteiger partial charge in [0.15, 0.2) is 6.29 Å². The van der Waals surface area contributed by atoms with Crippen LogP contribution < -0.4 is 0 Å². The first-order valence-electron chi connectivity index (χ1n) is 3.50. The van der Waals surface area contributed by atoms with Crippen molar-refractivity contribution in [3.63, 3.8) is 0 Å². The number of hydrogen-bond donors (Lipinski definition) is 0. The summed E-state index contributed by atoms with van der Waals surface area (Å²) in [6.45, 7) is 4.00. The molecule has 12 heavy (non-hydrogen) atoms. The van der Waals surface area contributed by atoms with E-state index in [9.17, 15) is 4.79 Å². The van der Waals surface area contributed by atoms with Crippen LogP contribution in [0.2, 0.25) is 0 Å². The Morgan fingerprint density at radius 2 is 1.67 bits per heavy atom. The summed E-state index contributed by atoms with van der Waals surface area (Å²) in [6, 6.07) is 0. The summed E-state index contributed by atoms with van der Waals surface area (Å²) in [5, 5.41) is 0. The van der Waals surface area contributed by atoms with Crippen LogP contribution in [-0.4, -0.2) is 11.3 Å². The molecule has 0 aliphatic heterocycles. The second kappa shape index (κ2) is 6.31. The van der Waals surface area contributed by atoms with Gasteiger partial charge in [-0.05, 0) is 31.9 Å². The maximum absolute atomic E-state index is 10.4. The number of carbonyl (C=O) groups is 1. The summed E-state index contributed by atoms with van der Waals surface area (Å²) < 4.78 is 1.41. The van der Waals surface area contributed by atoms with Crippen LogP contribution in [0, 0.1) is 0 Å². The van der Waals surface area contributed by atoms with E-state index in [-0.39, 0.29) is 0 Å². The minimum absolute atomic E-state index is 0.593. The van der Waals surface area contributed by atoms with Gasteiger partial charge in [-0.3, -0.25) is 9.78 Å². The number of aldehydes is 1. The lowest BCUT2D eigenvalue weighted by Gasteiger charge is -1.95. The topological polar surface area (TPSA) is 30.0 Å². The minimum atomic E-state index is 0.593. The molecule has 0 aliphatic rings. The van der Waals surface area contributed by atoms with Gasteiger partial charge >= 0.3 is 0 Å². The molecule has 1 heterocycles. The van der Waals surface area contributed by atoms with Crippen molar-refractivity contribution in [1.29, 1.82) is 0 Å². The van der Waals surface area contributed by atoms with Gasteiger partial charge in [0.1, 0.15) is 0 Å². The molecule has 0 saturated carbocycles. The predicted molar refractivity (Wildman–Crippen MR) is 56.4 cm³/mol. The molecule has 1 aromatic rings. The summed E-state index contributed by atoms with van der Waals surface area (Å²) in [4.78, 5) is 14.2. The van der Waals surface area contributed by atoms with Crippen LogP contribution in [0.1, 0.15) is 24.2 Å². The average molecular weight is 295 g/mol. The average Bonchev–Trinajstić information content (AvgIpc) is 2.08. The molecule has 66 valence electrons. The summed E-state index contributed by atoms with van der Waals surface area (Å²) in [5.74, 6) is 0. The van der Waals surface area contributed by atoms with Crippen molar-refractivity contribution >= 4 is 38.1 Å². The quantitative estimate of drug-likeness (QED) is 0.743. The lowest BCUT2D eigenvalue weighted by Crippen LogP contribution is -1.85. The molecular weight excluding hydrogens is 286 g/mol. The van der Waals surface area contributed by atoms with Crippen molar-refractivity contribution in [2.75, 3.05) is 0 Å². The molecule has 0 atom stereocenters. The number of aromatic nitrogens is 1. The molecule has 0 saturated heterocycles. The second-order valence-corrected chi connectivity index (χ2v) is 3.34. The smallest absolute Gasteiger partial charge is 0.152 e. The Labute approximate surface area is 88.6 Å². The first-order valence-corrected chi connectivity index (χ1v) is 5.08. The van der Waals surface area contributed by atoms with E-state index >= 15 is 0 Å². The van der Waals surface area contributed by atoms with Gasteiger partial charge in [-0.25, -0.2) is 0 Å². The first-order chi connectivity index (χ1) is 5.75. The first kappa shape index (κ1) is 11.8. The van der Waals surface area contributed by atoms with Gasteiger partial charge in [-0.1, -0.05) is 13.8 Å². The molecule has 0 N–H and O–H groups in total. The zero-order chi connectivity index (χ0) is 9.56. The van der Waals surface area contributed by atoms with E-state index in [0.29, 0.717) is 14.5 Å². The van der Waals surface area contributed by atoms with Gasteiger partial charge < -0.3 is 0 Å². The van der Waals surface area contributed by atoms with Gasteiger partial charge in [0, 0.05) is 26.9 Å². The third-order valence-electron chi connectivity index (χ3n) is 1.01. The highest BCUT2D eigenvalue weighted by molar-refractivity contribution is 9.11. The lowest BCUT2D eigenvalue weighted by molar-refractivity contribution is 0.112. The van der Waals surface area contributed by atoms with Gasteiger partial charge in [0.05, 0.1) is 0 Å². The Morgan fingerprint density at radius 1 is 1.25 bits per heavy atom. The largest absolute Gasteiger partial charge is 0.298 e. The molecule has 4 heteroatoms. The SMILES string of the molecule is CC.O=Cc1c(Br)cncc1Br. The Morgan fingerprint density at radius 3 is 1.92 bits per heavy atom. The van der Waals surface area contributed by atoms with Crippen molar-refractivity contribution in [3.8, 4) is 0 Å². The number of pyridine rings is 1. The molecule has 0 spiro atoms. The summed E-state index contributed by atoms with van der Waals surface area (Å²) >= 11 is 6.37. The maximum Gasteiger partial charge on any atom is 0.152 e. The van der Waals surface area contributed by atoms with Gasteiger partial charge in [0.25, 0.3) is 0 Å². The maximum atomic E-state index is 10.4. The molecular formula is C8H9Br2NO. The Kier molecular flexibility index (Phi) is 6.20. The zero-order valence-corrected chi connectivity index (χ0v) is 10.0. The van der Waals surface area contributed by atoms with Crippen LogP contribution in [-0.2, 0) is 0 Å². The van der Waals surface area contributed by atoms with Crippen LogP contribution in [0.5, 0.6) is 0 Å². The number of carbonyl (C=O) groups excluding carboxylic acids is 1. The molecule has 0 bridgehead atoms.